The fraction of sp³-hybridized carbons (Fsp3) is 0.560. The normalized spacial score (nSPS) is 18.1. The Morgan fingerprint density at radius 2 is 2.00 bits per heavy atom. The molecule has 1 fully saturated rings. The smallest absolute Gasteiger partial charge is 0.407 e. The molecule has 1 aliphatic heterocycles. The molecule has 0 saturated carbocycles. The highest BCUT2D eigenvalue weighted by atomic mass is 16.6. The number of nitrogens with zero attached hydrogens (tertiary/aromatic N) is 2. The molecule has 34 heavy (non-hydrogen) atoms. The van der Waals surface area contributed by atoms with E-state index in [9.17, 15) is 9.59 Å². The van der Waals surface area contributed by atoms with E-state index in [0.717, 1.165) is 18.4 Å². The van der Waals surface area contributed by atoms with Crippen LogP contribution in [0.3, 0.4) is 0 Å². The zero-order valence-corrected chi connectivity index (χ0v) is 20.4. The van der Waals surface area contributed by atoms with Crippen LogP contribution in [0.25, 0.3) is 0 Å². The lowest BCUT2D eigenvalue weighted by Crippen LogP contribution is -2.55. The van der Waals surface area contributed by atoms with Crippen LogP contribution in [-0.4, -0.2) is 56.0 Å². The van der Waals surface area contributed by atoms with Gasteiger partial charge in [0.05, 0.1) is 25.3 Å². The maximum absolute atomic E-state index is 12.5. The highest BCUT2D eigenvalue weighted by molar-refractivity contribution is 5.89. The number of hydrogen-bond acceptors (Lipinski definition) is 8. The van der Waals surface area contributed by atoms with Crippen LogP contribution in [0.4, 0.5) is 10.8 Å². The zero-order chi connectivity index (χ0) is 24.5. The van der Waals surface area contributed by atoms with Crippen LogP contribution >= 0.6 is 0 Å². The summed E-state index contributed by atoms with van der Waals surface area (Å²) in [7, 11) is 1.60. The second kappa shape index (κ2) is 12.4. The van der Waals surface area contributed by atoms with Crippen LogP contribution in [0, 0.1) is 0 Å². The number of hydrogen-bond donors (Lipinski definition) is 1. The number of benzene rings is 1. The van der Waals surface area contributed by atoms with E-state index in [1.807, 2.05) is 56.0 Å². The molecule has 2 aromatic rings. The lowest BCUT2D eigenvalue weighted by atomic mass is 10.0. The van der Waals surface area contributed by atoms with Gasteiger partial charge in [-0.25, -0.2) is 9.59 Å². The van der Waals surface area contributed by atoms with Gasteiger partial charge in [0.2, 0.25) is 0 Å². The van der Waals surface area contributed by atoms with Crippen LogP contribution < -0.4 is 10.2 Å². The summed E-state index contributed by atoms with van der Waals surface area (Å²) >= 11 is 0. The van der Waals surface area contributed by atoms with E-state index >= 15 is 0 Å². The zero-order valence-electron chi connectivity index (χ0n) is 20.4. The Bertz CT molecular complexity index is 930. The molecule has 0 aliphatic carbocycles. The van der Waals surface area contributed by atoms with Crippen LogP contribution in [0.15, 0.2) is 34.7 Å². The van der Waals surface area contributed by atoms with Gasteiger partial charge in [-0.3, -0.25) is 0 Å². The first-order valence-electron chi connectivity index (χ1n) is 11.9. The summed E-state index contributed by atoms with van der Waals surface area (Å²) in [6, 6.07) is 9.66. The molecule has 2 atom stereocenters. The highest BCUT2D eigenvalue weighted by Crippen LogP contribution is 2.28. The third-order valence-electron chi connectivity index (χ3n) is 5.74. The number of aromatic nitrogens is 1. The largest absolute Gasteiger partial charge is 0.461 e. The Balaban J connectivity index is 1.60. The van der Waals surface area contributed by atoms with Gasteiger partial charge in [0.25, 0.3) is 6.01 Å². The average molecular weight is 474 g/mol. The molecule has 0 spiro atoms. The molecule has 2 heterocycles. The van der Waals surface area contributed by atoms with Crippen molar-refractivity contribution in [1.82, 2.24) is 10.3 Å². The molecule has 1 aliphatic rings. The van der Waals surface area contributed by atoms with Gasteiger partial charge in [0, 0.05) is 19.6 Å². The number of anilines is 1. The Morgan fingerprint density at radius 1 is 1.24 bits per heavy atom. The molecule has 1 aromatic carbocycles. The van der Waals surface area contributed by atoms with Crippen molar-refractivity contribution in [3.8, 4) is 0 Å². The highest BCUT2D eigenvalue weighted by Gasteiger charge is 2.34. The number of oxazole rings is 1. The molecule has 1 aromatic heterocycles. The summed E-state index contributed by atoms with van der Waals surface area (Å²) in [4.78, 5) is 31.3. The number of piperidine rings is 1. The Morgan fingerprint density at radius 3 is 2.68 bits per heavy atom. The van der Waals surface area contributed by atoms with Gasteiger partial charge in [0.1, 0.15) is 12.4 Å². The van der Waals surface area contributed by atoms with Crippen molar-refractivity contribution in [2.24, 2.45) is 0 Å². The predicted octanol–water partition coefficient (Wildman–Crippen LogP) is 4.28. The van der Waals surface area contributed by atoms with Crippen LogP contribution in [0.2, 0.25) is 0 Å². The molecule has 1 amide bonds. The molecule has 0 bridgehead atoms. The molecule has 0 radical (unpaired) electrons. The number of methoxy groups -OCH3 is 1. The first-order valence-corrected chi connectivity index (χ1v) is 11.9. The SMILES string of the molecule is CCCCOC(=O)c1nc(N2CCC(NC(=O)OCc3ccccc3)C(OC)C2)oc1C(C)C. The minimum atomic E-state index is -0.486. The van der Waals surface area contributed by atoms with Gasteiger partial charge >= 0.3 is 12.1 Å². The quantitative estimate of drug-likeness (QED) is 0.403. The number of alkyl carbamates (subject to hydrolysis) is 1. The lowest BCUT2D eigenvalue weighted by molar-refractivity contribution is 0.0490. The number of amides is 1. The molecule has 2 unspecified atom stereocenters. The Labute approximate surface area is 200 Å². The van der Waals surface area contributed by atoms with E-state index in [1.165, 1.54) is 0 Å². The van der Waals surface area contributed by atoms with Crippen molar-refractivity contribution < 1.29 is 28.2 Å². The van der Waals surface area contributed by atoms with Crippen molar-refractivity contribution in [3.05, 3.63) is 47.3 Å². The second-order valence-electron chi connectivity index (χ2n) is 8.67. The third kappa shape index (κ3) is 6.72. The number of carbonyl (C=O) groups excluding carboxylic acids is 2. The van der Waals surface area contributed by atoms with Crippen molar-refractivity contribution in [2.45, 2.75) is 64.7 Å². The van der Waals surface area contributed by atoms with Crippen molar-refractivity contribution >= 4 is 18.1 Å². The van der Waals surface area contributed by atoms with Gasteiger partial charge < -0.3 is 28.8 Å². The van der Waals surface area contributed by atoms with Crippen molar-refractivity contribution in [1.29, 1.82) is 0 Å². The number of ether oxygens (including phenoxy) is 3. The molecule has 1 saturated heterocycles. The molecule has 1 N–H and O–H groups in total. The number of unbranched alkanes of at least 4 members (excludes halogenated alkanes) is 1. The minimum Gasteiger partial charge on any atom is -0.461 e. The third-order valence-corrected chi connectivity index (χ3v) is 5.74. The van der Waals surface area contributed by atoms with Gasteiger partial charge in [-0.1, -0.05) is 57.5 Å². The summed E-state index contributed by atoms with van der Waals surface area (Å²) in [5.74, 6) is 0.0233. The summed E-state index contributed by atoms with van der Waals surface area (Å²) in [6.07, 6.45) is 1.56. The molecule has 9 heteroatoms. The van der Waals surface area contributed by atoms with Gasteiger partial charge in [-0.2, -0.15) is 4.98 Å². The topological polar surface area (TPSA) is 103 Å². The fourth-order valence-corrected chi connectivity index (χ4v) is 3.78. The van der Waals surface area contributed by atoms with E-state index in [0.29, 0.717) is 37.9 Å². The molecular formula is C25H35N3O6. The van der Waals surface area contributed by atoms with Crippen LogP contribution in [0.1, 0.15) is 67.8 Å². The summed E-state index contributed by atoms with van der Waals surface area (Å²) < 4.78 is 22.3. The first kappa shape index (κ1) is 25.6. The molecule has 9 nitrogen and oxygen atoms in total. The number of esters is 1. The monoisotopic (exact) mass is 473 g/mol. The Kier molecular flexibility index (Phi) is 9.33. The molecule has 3 rings (SSSR count). The fourth-order valence-electron chi connectivity index (χ4n) is 3.78. The number of nitrogens with one attached hydrogen (secondary N) is 1. The maximum atomic E-state index is 12.5. The van der Waals surface area contributed by atoms with Crippen molar-refractivity contribution in [2.75, 3.05) is 31.7 Å². The van der Waals surface area contributed by atoms with Crippen LogP contribution in [-0.2, 0) is 20.8 Å². The summed E-state index contributed by atoms with van der Waals surface area (Å²) in [5.41, 5.74) is 1.14. The van der Waals surface area contributed by atoms with Crippen LogP contribution in [0.5, 0.6) is 0 Å². The van der Waals surface area contributed by atoms with Gasteiger partial charge in [0.15, 0.2) is 5.69 Å². The predicted molar refractivity (Wildman–Crippen MR) is 127 cm³/mol. The van der Waals surface area contributed by atoms with Gasteiger partial charge in [-0.05, 0) is 18.4 Å². The average Bonchev–Trinajstić information content (AvgIpc) is 3.30. The molecule has 186 valence electrons. The standard InChI is InChI=1S/C25H35N3O6/c1-5-6-14-32-23(29)21-22(17(2)3)34-24(27-21)28-13-12-19(20(15-28)31-4)26-25(30)33-16-18-10-8-7-9-11-18/h7-11,17,19-20H,5-6,12-16H2,1-4H3,(H,26,30). The Hall–Kier alpha value is -3.07. The van der Waals surface area contributed by atoms with E-state index in [-0.39, 0.29) is 30.4 Å². The molecular weight excluding hydrogens is 438 g/mol. The number of rotatable bonds is 10. The van der Waals surface area contributed by atoms with E-state index in [4.69, 9.17) is 18.6 Å². The maximum Gasteiger partial charge on any atom is 0.407 e. The summed E-state index contributed by atoms with van der Waals surface area (Å²) in [5, 5.41) is 2.91. The number of carbonyl (C=O) groups is 2. The van der Waals surface area contributed by atoms with E-state index in [1.54, 1.807) is 7.11 Å². The van der Waals surface area contributed by atoms with E-state index in [2.05, 4.69) is 10.3 Å². The lowest BCUT2D eigenvalue weighted by Gasteiger charge is -2.37. The van der Waals surface area contributed by atoms with E-state index < -0.39 is 12.1 Å². The van der Waals surface area contributed by atoms with Crippen molar-refractivity contribution in [3.63, 3.8) is 0 Å². The summed E-state index contributed by atoms with van der Waals surface area (Å²) in [6.45, 7) is 7.51. The minimum absolute atomic E-state index is 0.0215. The van der Waals surface area contributed by atoms with Gasteiger partial charge in [-0.15, -0.1) is 0 Å². The second-order valence-corrected chi connectivity index (χ2v) is 8.67. The first-order chi connectivity index (χ1) is 16.4.